The lowest BCUT2D eigenvalue weighted by Gasteiger charge is -2.20. The Hall–Kier alpha value is -2.15. The molecule has 1 unspecified atom stereocenters. The Bertz CT molecular complexity index is 502. The van der Waals surface area contributed by atoms with Gasteiger partial charge < -0.3 is 15.2 Å². The predicted octanol–water partition coefficient (Wildman–Crippen LogP) is 1.35. The number of nitrogens with one attached hydrogen (secondary N) is 1. The molecular formula is C13H18N2O5. The molecule has 0 spiro atoms. The summed E-state index contributed by atoms with van der Waals surface area (Å²) in [6.07, 6.45) is 0. The highest BCUT2D eigenvalue weighted by molar-refractivity contribution is 5.97. The average Bonchev–Trinajstić information content (AvgIpc) is 2.43. The molecule has 7 heteroatoms. The Morgan fingerprint density at radius 1 is 1.50 bits per heavy atom. The third kappa shape index (κ3) is 3.67. The molecule has 1 aromatic rings. The minimum atomic E-state index is -0.581. The van der Waals surface area contributed by atoms with E-state index in [-0.39, 0.29) is 29.5 Å². The largest absolute Gasteiger partial charge is 0.496 e. The number of methoxy groups -OCH3 is 1. The van der Waals surface area contributed by atoms with Crippen LogP contribution in [0.3, 0.4) is 0 Å². The molecule has 1 amide bonds. The second-order valence-corrected chi connectivity index (χ2v) is 4.65. The van der Waals surface area contributed by atoms with E-state index in [1.54, 1.807) is 0 Å². The van der Waals surface area contributed by atoms with Crippen molar-refractivity contribution in [3.63, 3.8) is 0 Å². The lowest BCUT2D eigenvalue weighted by Crippen LogP contribution is -2.41. The number of nitro benzene ring substituents is 1. The van der Waals surface area contributed by atoms with Gasteiger partial charge in [0.25, 0.3) is 11.6 Å². The van der Waals surface area contributed by atoms with Crippen molar-refractivity contribution in [2.75, 3.05) is 13.7 Å². The van der Waals surface area contributed by atoms with Gasteiger partial charge in [-0.05, 0) is 12.0 Å². The van der Waals surface area contributed by atoms with Crippen molar-refractivity contribution < 1.29 is 19.6 Å². The molecule has 0 fully saturated rings. The molecular weight excluding hydrogens is 264 g/mol. The number of carbonyl (C=O) groups excluding carboxylic acids is 1. The number of hydrogen-bond donors (Lipinski definition) is 2. The zero-order valence-corrected chi connectivity index (χ0v) is 11.6. The van der Waals surface area contributed by atoms with Crippen LogP contribution in [0.2, 0.25) is 0 Å². The van der Waals surface area contributed by atoms with E-state index in [2.05, 4.69) is 5.32 Å². The van der Waals surface area contributed by atoms with Crippen molar-refractivity contribution in [2.45, 2.75) is 19.9 Å². The van der Waals surface area contributed by atoms with Gasteiger partial charge in [0.15, 0.2) is 0 Å². The summed E-state index contributed by atoms with van der Waals surface area (Å²) in [6.45, 7) is 3.50. The maximum atomic E-state index is 12.1. The van der Waals surface area contributed by atoms with Crippen LogP contribution < -0.4 is 10.1 Å². The molecule has 0 saturated carbocycles. The molecule has 0 aliphatic heterocycles. The van der Waals surface area contributed by atoms with Gasteiger partial charge >= 0.3 is 0 Å². The molecule has 0 radical (unpaired) electrons. The smallest absolute Gasteiger partial charge is 0.270 e. The van der Waals surface area contributed by atoms with Gasteiger partial charge in [-0.15, -0.1) is 0 Å². The summed E-state index contributed by atoms with van der Waals surface area (Å²) in [6, 6.07) is 3.37. The molecule has 0 aliphatic carbocycles. The Morgan fingerprint density at radius 3 is 2.60 bits per heavy atom. The van der Waals surface area contributed by atoms with Gasteiger partial charge in [0, 0.05) is 12.1 Å². The number of benzene rings is 1. The second-order valence-electron chi connectivity index (χ2n) is 4.65. The monoisotopic (exact) mass is 282 g/mol. The molecule has 0 saturated heterocycles. The summed E-state index contributed by atoms with van der Waals surface area (Å²) in [4.78, 5) is 22.3. The number of rotatable bonds is 6. The highest BCUT2D eigenvalue weighted by atomic mass is 16.6. The normalized spacial score (nSPS) is 12.1. The van der Waals surface area contributed by atoms with Crippen molar-refractivity contribution in [2.24, 2.45) is 5.92 Å². The van der Waals surface area contributed by atoms with Crippen LogP contribution in [-0.4, -0.2) is 35.7 Å². The molecule has 0 aliphatic rings. The topological polar surface area (TPSA) is 102 Å². The van der Waals surface area contributed by atoms with Crippen molar-refractivity contribution in [3.05, 3.63) is 33.9 Å². The number of ether oxygens (including phenoxy) is 1. The molecule has 1 aromatic carbocycles. The van der Waals surface area contributed by atoms with Crippen LogP contribution in [0, 0.1) is 16.0 Å². The number of carbonyl (C=O) groups is 1. The molecule has 7 nitrogen and oxygen atoms in total. The van der Waals surface area contributed by atoms with Crippen LogP contribution in [0.4, 0.5) is 5.69 Å². The van der Waals surface area contributed by atoms with Gasteiger partial charge in [-0.2, -0.15) is 0 Å². The minimum absolute atomic E-state index is 0.0358. The van der Waals surface area contributed by atoms with E-state index in [1.165, 1.54) is 19.2 Å². The first-order chi connectivity index (χ1) is 9.40. The number of amides is 1. The van der Waals surface area contributed by atoms with E-state index in [4.69, 9.17) is 4.74 Å². The van der Waals surface area contributed by atoms with Crippen molar-refractivity contribution in [1.82, 2.24) is 5.32 Å². The Kier molecular flexibility index (Phi) is 5.45. The highest BCUT2D eigenvalue weighted by Gasteiger charge is 2.21. The SMILES string of the molecule is COc1ccc([N+](=O)[O-])cc1C(=O)NC(CO)C(C)C. The maximum Gasteiger partial charge on any atom is 0.270 e. The lowest BCUT2D eigenvalue weighted by molar-refractivity contribution is -0.384. The van der Waals surface area contributed by atoms with Gasteiger partial charge in [-0.3, -0.25) is 14.9 Å². The Labute approximate surface area is 116 Å². The number of aliphatic hydroxyl groups is 1. The Balaban J connectivity index is 3.06. The zero-order valence-electron chi connectivity index (χ0n) is 11.6. The van der Waals surface area contributed by atoms with Crippen LogP contribution in [0.5, 0.6) is 5.75 Å². The summed E-state index contributed by atoms with van der Waals surface area (Å²) < 4.78 is 5.03. The van der Waals surface area contributed by atoms with Crippen LogP contribution in [0.15, 0.2) is 18.2 Å². The van der Waals surface area contributed by atoms with Crippen molar-refractivity contribution in [3.8, 4) is 5.75 Å². The molecule has 0 aromatic heterocycles. The van der Waals surface area contributed by atoms with Gasteiger partial charge in [0.1, 0.15) is 5.75 Å². The summed E-state index contributed by atoms with van der Waals surface area (Å²) >= 11 is 0. The summed E-state index contributed by atoms with van der Waals surface area (Å²) in [5.74, 6) is -0.236. The quantitative estimate of drug-likeness (QED) is 0.605. The summed E-state index contributed by atoms with van der Waals surface area (Å²) in [5, 5.41) is 22.6. The molecule has 20 heavy (non-hydrogen) atoms. The minimum Gasteiger partial charge on any atom is -0.496 e. The van der Waals surface area contributed by atoms with E-state index in [9.17, 15) is 20.0 Å². The average molecular weight is 282 g/mol. The fourth-order valence-electron chi connectivity index (χ4n) is 1.66. The third-order valence-corrected chi connectivity index (χ3v) is 2.96. The van der Waals surface area contributed by atoms with E-state index in [0.717, 1.165) is 6.07 Å². The van der Waals surface area contributed by atoms with Crippen LogP contribution in [0.25, 0.3) is 0 Å². The van der Waals surface area contributed by atoms with E-state index < -0.39 is 16.9 Å². The highest BCUT2D eigenvalue weighted by Crippen LogP contribution is 2.24. The van der Waals surface area contributed by atoms with Crippen LogP contribution in [0.1, 0.15) is 24.2 Å². The van der Waals surface area contributed by atoms with Crippen LogP contribution >= 0.6 is 0 Å². The number of nitrogens with zero attached hydrogens (tertiary/aromatic N) is 1. The molecule has 0 bridgehead atoms. The molecule has 1 rings (SSSR count). The predicted molar refractivity (Wildman–Crippen MR) is 72.8 cm³/mol. The Morgan fingerprint density at radius 2 is 2.15 bits per heavy atom. The van der Waals surface area contributed by atoms with Gasteiger partial charge in [0.2, 0.25) is 0 Å². The molecule has 0 heterocycles. The van der Waals surface area contributed by atoms with Gasteiger partial charge in [-0.25, -0.2) is 0 Å². The lowest BCUT2D eigenvalue weighted by atomic mass is 10.0. The first-order valence-corrected chi connectivity index (χ1v) is 6.14. The summed E-state index contributed by atoms with van der Waals surface area (Å²) in [7, 11) is 1.38. The number of aliphatic hydroxyl groups excluding tert-OH is 1. The van der Waals surface area contributed by atoms with Crippen LogP contribution in [-0.2, 0) is 0 Å². The molecule has 110 valence electrons. The zero-order chi connectivity index (χ0) is 15.3. The third-order valence-electron chi connectivity index (χ3n) is 2.96. The van der Waals surface area contributed by atoms with Crippen molar-refractivity contribution >= 4 is 11.6 Å². The van der Waals surface area contributed by atoms with Gasteiger partial charge in [0.05, 0.1) is 30.2 Å². The first-order valence-electron chi connectivity index (χ1n) is 6.14. The maximum absolute atomic E-state index is 12.1. The number of non-ortho nitro benzene ring substituents is 1. The second kappa shape index (κ2) is 6.85. The molecule has 2 N–H and O–H groups in total. The van der Waals surface area contributed by atoms with Crippen molar-refractivity contribution in [1.29, 1.82) is 0 Å². The standard InChI is InChI=1S/C13H18N2O5/c1-8(2)11(7-16)14-13(17)10-6-9(15(18)19)4-5-12(10)20-3/h4-6,8,11,16H,7H2,1-3H3,(H,14,17). The van der Waals surface area contributed by atoms with Gasteiger partial charge in [-0.1, -0.05) is 13.8 Å². The molecule has 1 atom stereocenters. The summed E-state index contributed by atoms with van der Waals surface area (Å²) in [5.41, 5.74) is -0.123. The van der Waals surface area contributed by atoms with E-state index >= 15 is 0 Å². The van der Waals surface area contributed by atoms with E-state index in [1.807, 2.05) is 13.8 Å². The number of hydrogen-bond acceptors (Lipinski definition) is 5. The number of nitro groups is 1. The first kappa shape index (κ1) is 15.9. The van der Waals surface area contributed by atoms with E-state index in [0.29, 0.717) is 0 Å². The fraction of sp³-hybridized carbons (Fsp3) is 0.462. The fourth-order valence-corrected chi connectivity index (χ4v) is 1.66.